The number of carbonyl (C=O) groups excluding carboxylic acids is 3. The molecule has 4 rings (SSSR count). The number of carbonyl (C=O) groups is 3. The molecule has 3 heterocycles. The van der Waals surface area contributed by atoms with Gasteiger partial charge in [-0.2, -0.15) is 0 Å². The number of rotatable bonds is 7. The summed E-state index contributed by atoms with van der Waals surface area (Å²) in [5.41, 5.74) is 3.13. The molecule has 2 aliphatic rings. The first-order chi connectivity index (χ1) is 18.5. The molecule has 0 saturated carbocycles. The summed E-state index contributed by atoms with van der Waals surface area (Å²) in [4.78, 5) is 46.3. The molecule has 1 aromatic heterocycles. The number of hydrogen-bond donors (Lipinski definition) is 1. The zero-order chi connectivity index (χ0) is 28.3. The molecule has 0 unspecified atom stereocenters. The van der Waals surface area contributed by atoms with E-state index in [1.165, 1.54) is 16.9 Å². The lowest BCUT2D eigenvalue weighted by Gasteiger charge is -2.42. The van der Waals surface area contributed by atoms with Gasteiger partial charge in [0.25, 0.3) is 5.91 Å². The van der Waals surface area contributed by atoms with Gasteiger partial charge in [-0.1, -0.05) is 51.1 Å². The van der Waals surface area contributed by atoms with Crippen molar-refractivity contribution >= 4 is 29.2 Å². The number of thiophene rings is 1. The lowest BCUT2D eigenvalue weighted by molar-refractivity contribution is -0.139. The maximum absolute atomic E-state index is 13.4. The van der Waals surface area contributed by atoms with Crippen molar-refractivity contribution in [2.24, 2.45) is 0 Å². The summed E-state index contributed by atoms with van der Waals surface area (Å²) in [7, 11) is 0. The predicted molar refractivity (Wildman–Crippen MR) is 154 cm³/mol. The molecule has 0 spiro atoms. The van der Waals surface area contributed by atoms with Crippen LogP contribution in [0, 0.1) is 0 Å². The Bertz CT molecular complexity index is 1220. The molecule has 210 valence electrons. The Morgan fingerprint density at radius 1 is 1.10 bits per heavy atom. The molecule has 3 amide bonds. The van der Waals surface area contributed by atoms with Crippen molar-refractivity contribution < 1.29 is 19.1 Å². The van der Waals surface area contributed by atoms with Crippen LogP contribution >= 0.6 is 11.3 Å². The van der Waals surface area contributed by atoms with Crippen molar-refractivity contribution in [1.82, 2.24) is 20.0 Å². The second-order valence-electron chi connectivity index (χ2n) is 11.1. The number of nitrogens with zero attached hydrogens (tertiary/aromatic N) is 3. The Hall–Kier alpha value is -3.17. The maximum atomic E-state index is 13.4. The predicted octanol–water partition coefficient (Wildman–Crippen LogP) is 4.80. The Morgan fingerprint density at radius 3 is 2.38 bits per heavy atom. The topological polar surface area (TPSA) is 82.2 Å². The highest BCUT2D eigenvalue weighted by Crippen LogP contribution is 2.34. The van der Waals surface area contributed by atoms with Crippen LogP contribution in [0.15, 0.2) is 53.0 Å². The summed E-state index contributed by atoms with van der Waals surface area (Å²) >= 11 is 1.45. The van der Waals surface area contributed by atoms with Gasteiger partial charge in [0.05, 0.1) is 23.1 Å². The zero-order valence-corrected chi connectivity index (χ0v) is 24.6. The van der Waals surface area contributed by atoms with E-state index in [0.29, 0.717) is 44.0 Å². The van der Waals surface area contributed by atoms with Gasteiger partial charge in [0.1, 0.15) is 0 Å². The molecule has 1 N–H and O–H groups in total. The quantitative estimate of drug-likeness (QED) is 0.500. The van der Waals surface area contributed by atoms with Gasteiger partial charge in [-0.3, -0.25) is 14.6 Å². The van der Waals surface area contributed by atoms with E-state index in [1.54, 1.807) is 11.8 Å². The van der Waals surface area contributed by atoms with Gasteiger partial charge >= 0.3 is 12.0 Å². The van der Waals surface area contributed by atoms with Crippen molar-refractivity contribution in [2.75, 3.05) is 39.3 Å². The summed E-state index contributed by atoms with van der Waals surface area (Å²) in [5.74, 6) is -0.370. The number of ether oxygens (including phenoxy) is 1. The normalized spacial score (nSPS) is 20.7. The average Bonchev–Trinajstić information content (AvgIpc) is 3.43. The summed E-state index contributed by atoms with van der Waals surface area (Å²) < 4.78 is 5.52. The molecule has 2 aromatic rings. The molecular weight excluding hydrogens is 512 g/mol. The Morgan fingerprint density at radius 2 is 1.82 bits per heavy atom. The lowest BCUT2D eigenvalue weighted by Crippen LogP contribution is -2.56. The number of hydrogen-bond acceptors (Lipinski definition) is 6. The second-order valence-corrected chi connectivity index (χ2v) is 12.1. The van der Waals surface area contributed by atoms with E-state index in [9.17, 15) is 14.4 Å². The highest BCUT2D eigenvalue weighted by atomic mass is 32.1. The van der Waals surface area contributed by atoms with Crippen LogP contribution in [0.25, 0.3) is 0 Å². The number of amides is 3. The van der Waals surface area contributed by atoms with Gasteiger partial charge in [-0.25, -0.2) is 9.59 Å². The van der Waals surface area contributed by atoms with Gasteiger partial charge in [0, 0.05) is 44.5 Å². The molecule has 39 heavy (non-hydrogen) atoms. The number of piperazine rings is 1. The van der Waals surface area contributed by atoms with Crippen LogP contribution in [0.1, 0.15) is 68.4 Å². The van der Waals surface area contributed by atoms with E-state index in [0.717, 1.165) is 10.4 Å². The third kappa shape index (κ3) is 6.20. The van der Waals surface area contributed by atoms with Crippen LogP contribution < -0.4 is 5.32 Å². The van der Waals surface area contributed by atoms with Crippen molar-refractivity contribution in [3.05, 3.63) is 69.1 Å². The van der Waals surface area contributed by atoms with Crippen LogP contribution in [0.4, 0.5) is 4.79 Å². The van der Waals surface area contributed by atoms with E-state index < -0.39 is 12.0 Å². The summed E-state index contributed by atoms with van der Waals surface area (Å²) in [6.45, 7) is 15.1. The second kappa shape index (κ2) is 11.9. The molecule has 9 heteroatoms. The molecule has 0 radical (unpaired) electrons. The Balaban J connectivity index is 1.65. The van der Waals surface area contributed by atoms with E-state index in [2.05, 4.69) is 43.1 Å². The van der Waals surface area contributed by atoms with E-state index >= 15 is 0 Å². The first kappa shape index (κ1) is 28.8. The highest BCUT2D eigenvalue weighted by molar-refractivity contribution is 7.12. The van der Waals surface area contributed by atoms with Crippen LogP contribution in [-0.2, 0) is 14.9 Å². The first-order valence-electron chi connectivity index (χ1n) is 13.7. The van der Waals surface area contributed by atoms with Crippen molar-refractivity contribution in [3.63, 3.8) is 0 Å². The molecule has 1 fully saturated rings. The number of benzene rings is 1. The number of esters is 1. The van der Waals surface area contributed by atoms with Gasteiger partial charge in [-0.15, -0.1) is 11.3 Å². The summed E-state index contributed by atoms with van der Waals surface area (Å²) in [5, 5.41) is 4.97. The van der Waals surface area contributed by atoms with E-state index in [1.807, 2.05) is 48.4 Å². The minimum Gasteiger partial charge on any atom is -0.463 e. The molecule has 1 saturated heterocycles. The van der Waals surface area contributed by atoms with Gasteiger partial charge in [-0.05, 0) is 48.8 Å². The lowest BCUT2D eigenvalue weighted by atomic mass is 9.85. The minimum atomic E-state index is -0.609. The third-order valence-corrected chi connectivity index (χ3v) is 8.30. The van der Waals surface area contributed by atoms with Gasteiger partial charge in [0.2, 0.25) is 0 Å². The first-order valence-corrected chi connectivity index (χ1v) is 14.6. The van der Waals surface area contributed by atoms with Crippen LogP contribution in [-0.4, -0.2) is 78.0 Å². The fourth-order valence-corrected chi connectivity index (χ4v) is 5.99. The molecular formula is C30H40N4O4S. The van der Waals surface area contributed by atoms with E-state index in [4.69, 9.17) is 4.74 Å². The smallest absolute Gasteiger partial charge is 0.338 e. The number of likely N-dealkylation sites (N-methyl/N-ethyl adjacent to an activating group) is 1. The standard InChI is InChI=1S/C30H40N4O4S/c1-7-33-23(19-32-15-16-34(20(3)18-32)27(35)24-10-9-17-39-24)25(28(36)38-8-2)26(31-29(33)37)21-11-13-22(14-12-21)30(4,5)6/h9-14,17,20,26H,7-8,15-16,18-19H2,1-6H3,(H,31,37)/t20-,26+/m0/s1. The fraction of sp³-hybridized carbons (Fsp3) is 0.500. The van der Waals surface area contributed by atoms with Gasteiger partial charge < -0.3 is 15.0 Å². The molecule has 0 aliphatic carbocycles. The van der Waals surface area contributed by atoms with Crippen LogP contribution in [0.3, 0.4) is 0 Å². The Labute approximate surface area is 235 Å². The summed E-state index contributed by atoms with van der Waals surface area (Å²) in [6, 6.07) is 11.0. The van der Waals surface area contributed by atoms with Crippen LogP contribution in [0.5, 0.6) is 0 Å². The van der Waals surface area contributed by atoms with E-state index in [-0.39, 0.29) is 30.0 Å². The number of nitrogens with one attached hydrogen (secondary N) is 1. The van der Waals surface area contributed by atoms with Crippen LogP contribution in [0.2, 0.25) is 0 Å². The molecule has 8 nitrogen and oxygen atoms in total. The minimum absolute atomic E-state index is 0.00627. The molecule has 0 bridgehead atoms. The fourth-order valence-electron chi connectivity index (χ4n) is 5.32. The zero-order valence-electron chi connectivity index (χ0n) is 23.8. The van der Waals surface area contributed by atoms with Crippen molar-refractivity contribution in [3.8, 4) is 0 Å². The monoisotopic (exact) mass is 552 g/mol. The Kier molecular flexibility index (Phi) is 8.81. The number of urea groups is 1. The molecule has 2 aliphatic heterocycles. The van der Waals surface area contributed by atoms with Gasteiger partial charge in [0.15, 0.2) is 0 Å². The highest BCUT2D eigenvalue weighted by Gasteiger charge is 2.39. The summed E-state index contributed by atoms with van der Waals surface area (Å²) in [6.07, 6.45) is 0. The maximum Gasteiger partial charge on any atom is 0.338 e. The van der Waals surface area contributed by atoms with Crippen molar-refractivity contribution in [2.45, 2.75) is 59.0 Å². The third-order valence-electron chi connectivity index (χ3n) is 7.44. The average molecular weight is 553 g/mol. The SMILES string of the molecule is CCOC(=O)C1=C(CN2CCN(C(=O)c3cccs3)[C@@H](C)C2)N(CC)C(=O)N[C@@H]1c1ccc(C(C)(C)C)cc1. The van der Waals surface area contributed by atoms with Crippen molar-refractivity contribution in [1.29, 1.82) is 0 Å². The molecule has 1 aromatic carbocycles. The molecule has 2 atom stereocenters. The largest absolute Gasteiger partial charge is 0.463 e.